The minimum Gasteiger partial charge on any atom is -0.361 e. The fourth-order valence-corrected chi connectivity index (χ4v) is 3.61. The Morgan fingerprint density at radius 1 is 1.04 bits per heavy atom. The lowest BCUT2D eigenvalue weighted by Gasteiger charge is -2.15. The van der Waals surface area contributed by atoms with Crippen LogP contribution in [-0.2, 0) is 0 Å². The van der Waals surface area contributed by atoms with E-state index in [1.165, 1.54) is 0 Å². The van der Waals surface area contributed by atoms with Crippen molar-refractivity contribution in [2.75, 3.05) is 5.32 Å². The molecule has 1 unspecified atom stereocenters. The van der Waals surface area contributed by atoms with Gasteiger partial charge >= 0.3 is 0 Å². The van der Waals surface area contributed by atoms with Gasteiger partial charge in [-0.3, -0.25) is 0 Å². The highest BCUT2D eigenvalue weighted by Crippen LogP contribution is 2.26. The molecule has 1 atom stereocenters. The molecule has 126 valence electrons. The van der Waals surface area contributed by atoms with E-state index in [0.29, 0.717) is 0 Å². The number of nitrogens with zero attached hydrogens (tertiary/aromatic N) is 4. The second kappa shape index (κ2) is 6.29. The molecule has 0 saturated carbocycles. The number of anilines is 1. The number of rotatable bonds is 4. The summed E-state index contributed by atoms with van der Waals surface area (Å²) >= 11 is 1.67. The molecule has 0 spiro atoms. The number of aryl methyl sites for hydroxylation is 2. The van der Waals surface area contributed by atoms with Crippen molar-refractivity contribution >= 4 is 22.8 Å². The quantitative estimate of drug-likeness (QED) is 0.583. The topological polar surface area (TPSA) is 55.1 Å². The summed E-state index contributed by atoms with van der Waals surface area (Å²) in [7, 11) is 0. The van der Waals surface area contributed by atoms with Crippen molar-refractivity contribution in [1.82, 2.24) is 19.6 Å². The summed E-state index contributed by atoms with van der Waals surface area (Å²) in [5, 5.41) is 11.3. The summed E-state index contributed by atoms with van der Waals surface area (Å²) in [5.41, 5.74) is 4.85. The van der Waals surface area contributed by atoms with Crippen molar-refractivity contribution in [1.29, 1.82) is 0 Å². The van der Waals surface area contributed by atoms with E-state index in [9.17, 15) is 0 Å². The molecule has 25 heavy (non-hydrogen) atoms. The molecule has 0 bridgehead atoms. The van der Waals surface area contributed by atoms with Gasteiger partial charge in [-0.25, -0.2) is 9.97 Å². The first kappa shape index (κ1) is 15.8. The molecule has 0 aliphatic rings. The minimum atomic E-state index is 0.0948. The lowest BCUT2D eigenvalue weighted by Crippen LogP contribution is -2.11. The van der Waals surface area contributed by atoms with E-state index in [0.717, 1.165) is 39.1 Å². The normalized spacial score (nSPS) is 12.4. The average Bonchev–Trinajstić information content (AvgIpc) is 3.20. The molecule has 3 heterocycles. The molecule has 0 amide bonds. The van der Waals surface area contributed by atoms with Gasteiger partial charge in [0, 0.05) is 28.8 Å². The van der Waals surface area contributed by atoms with E-state index in [4.69, 9.17) is 4.98 Å². The van der Waals surface area contributed by atoms with Gasteiger partial charge in [-0.05, 0) is 20.8 Å². The third-order valence-electron chi connectivity index (χ3n) is 3.99. The van der Waals surface area contributed by atoms with E-state index in [2.05, 4.69) is 39.8 Å². The van der Waals surface area contributed by atoms with Crippen LogP contribution in [0.3, 0.4) is 0 Å². The Hall–Kier alpha value is -2.73. The number of benzene rings is 1. The Kier molecular flexibility index (Phi) is 3.97. The van der Waals surface area contributed by atoms with Gasteiger partial charge in [-0.15, -0.1) is 11.3 Å². The molecule has 0 radical (unpaired) electrons. The predicted molar refractivity (Wildman–Crippen MR) is 102 cm³/mol. The van der Waals surface area contributed by atoms with Gasteiger partial charge < -0.3 is 5.32 Å². The summed E-state index contributed by atoms with van der Waals surface area (Å²) in [6, 6.07) is 14.3. The Bertz CT molecular complexity index is 1020. The molecule has 4 rings (SSSR count). The highest BCUT2D eigenvalue weighted by atomic mass is 32.1. The molecular weight excluding hydrogens is 330 g/mol. The first-order valence-corrected chi connectivity index (χ1v) is 9.09. The SMILES string of the molecule is Cc1csc(C(C)Nc2cc(-c3ccccc3)nc3cc(C)nn23)n1. The van der Waals surface area contributed by atoms with E-state index in [1.54, 1.807) is 11.3 Å². The molecule has 6 heteroatoms. The van der Waals surface area contributed by atoms with E-state index >= 15 is 0 Å². The van der Waals surface area contributed by atoms with Crippen molar-refractivity contribution in [3.63, 3.8) is 0 Å². The molecule has 0 fully saturated rings. The molecule has 4 aromatic rings. The van der Waals surface area contributed by atoms with E-state index in [-0.39, 0.29) is 6.04 Å². The first-order valence-electron chi connectivity index (χ1n) is 8.21. The van der Waals surface area contributed by atoms with Crippen LogP contribution in [0.25, 0.3) is 16.9 Å². The number of aromatic nitrogens is 4. The van der Waals surface area contributed by atoms with Gasteiger partial charge in [-0.1, -0.05) is 30.3 Å². The second-order valence-corrected chi connectivity index (χ2v) is 7.03. The van der Waals surface area contributed by atoms with Crippen LogP contribution in [0.1, 0.15) is 29.4 Å². The van der Waals surface area contributed by atoms with Crippen LogP contribution in [0, 0.1) is 13.8 Å². The van der Waals surface area contributed by atoms with Crippen LogP contribution < -0.4 is 5.32 Å². The number of hydrogen-bond acceptors (Lipinski definition) is 5. The molecule has 0 saturated heterocycles. The van der Waals surface area contributed by atoms with Gasteiger partial charge in [-0.2, -0.15) is 9.61 Å². The molecule has 1 aromatic carbocycles. The van der Waals surface area contributed by atoms with Gasteiger partial charge in [0.25, 0.3) is 0 Å². The maximum Gasteiger partial charge on any atom is 0.158 e. The molecule has 1 N–H and O–H groups in total. The van der Waals surface area contributed by atoms with E-state index < -0.39 is 0 Å². The fraction of sp³-hybridized carbons (Fsp3) is 0.211. The van der Waals surface area contributed by atoms with E-state index in [1.807, 2.05) is 48.7 Å². The zero-order chi connectivity index (χ0) is 17.4. The summed E-state index contributed by atoms with van der Waals surface area (Å²) < 4.78 is 1.86. The third-order valence-corrected chi connectivity index (χ3v) is 5.14. The summed E-state index contributed by atoms with van der Waals surface area (Å²) in [6.45, 7) is 6.11. The monoisotopic (exact) mass is 349 g/mol. The van der Waals surface area contributed by atoms with Crippen molar-refractivity contribution in [2.24, 2.45) is 0 Å². The predicted octanol–water partition coefficient (Wildman–Crippen LogP) is 4.64. The lowest BCUT2D eigenvalue weighted by molar-refractivity contribution is 0.825. The molecule has 3 aromatic heterocycles. The van der Waals surface area contributed by atoms with Crippen LogP contribution in [0.15, 0.2) is 47.8 Å². The Morgan fingerprint density at radius 3 is 2.56 bits per heavy atom. The fourth-order valence-electron chi connectivity index (χ4n) is 2.80. The largest absolute Gasteiger partial charge is 0.361 e. The number of fused-ring (bicyclic) bond motifs is 1. The van der Waals surface area contributed by atoms with Crippen molar-refractivity contribution in [3.8, 4) is 11.3 Å². The van der Waals surface area contributed by atoms with Gasteiger partial charge in [0.15, 0.2) is 5.65 Å². The zero-order valence-corrected chi connectivity index (χ0v) is 15.2. The summed E-state index contributed by atoms with van der Waals surface area (Å²) in [4.78, 5) is 9.34. The van der Waals surface area contributed by atoms with Crippen molar-refractivity contribution < 1.29 is 0 Å². The van der Waals surface area contributed by atoms with Gasteiger partial charge in [0.1, 0.15) is 10.8 Å². The third kappa shape index (κ3) is 3.13. The zero-order valence-electron chi connectivity index (χ0n) is 14.4. The van der Waals surface area contributed by atoms with Crippen LogP contribution in [0.5, 0.6) is 0 Å². The van der Waals surface area contributed by atoms with Gasteiger partial charge in [0.05, 0.1) is 17.4 Å². The smallest absolute Gasteiger partial charge is 0.158 e. The Morgan fingerprint density at radius 2 is 1.84 bits per heavy atom. The molecule has 0 aliphatic carbocycles. The first-order chi connectivity index (χ1) is 12.1. The minimum absolute atomic E-state index is 0.0948. The highest BCUT2D eigenvalue weighted by Gasteiger charge is 2.14. The van der Waals surface area contributed by atoms with Crippen LogP contribution in [-0.4, -0.2) is 19.6 Å². The summed E-state index contributed by atoms with van der Waals surface area (Å²) in [6.07, 6.45) is 0. The van der Waals surface area contributed by atoms with Crippen LogP contribution in [0.2, 0.25) is 0 Å². The van der Waals surface area contributed by atoms with Gasteiger partial charge in [0.2, 0.25) is 0 Å². The van der Waals surface area contributed by atoms with Crippen LogP contribution >= 0.6 is 11.3 Å². The number of hydrogen-bond donors (Lipinski definition) is 1. The van der Waals surface area contributed by atoms with Crippen LogP contribution in [0.4, 0.5) is 5.82 Å². The summed E-state index contributed by atoms with van der Waals surface area (Å²) in [5.74, 6) is 0.914. The standard InChI is InChI=1S/C19H19N5S/c1-12-9-17-22-16(15-7-5-4-6-8-15)10-18(24(17)23-12)21-14(3)19-20-13(2)11-25-19/h4-11,14,21H,1-3H3. The maximum absolute atomic E-state index is 4.76. The number of nitrogens with one attached hydrogen (secondary N) is 1. The maximum atomic E-state index is 4.76. The molecule has 5 nitrogen and oxygen atoms in total. The molecular formula is C19H19N5S. The second-order valence-electron chi connectivity index (χ2n) is 6.14. The number of thiazole rings is 1. The Labute approximate surface area is 150 Å². The van der Waals surface area contributed by atoms with Crippen molar-refractivity contribution in [3.05, 3.63) is 64.2 Å². The highest BCUT2D eigenvalue weighted by molar-refractivity contribution is 7.09. The lowest BCUT2D eigenvalue weighted by atomic mass is 10.1. The Balaban J connectivity index is 1.78. The average molecular weight is 349 g/mol. The van der Waals surface area contributed by atoms with Crippen molar-refractivity contribution in [2.45, 2.75) is 26.8 Å². The molecule has 0 aliphatic heterocycles.